The number of benzene rings is 1. The van der Waals surface area contributed by atoms with Crippen molar-refractivity contribution in [3.63, 3.8) is 0 Å². The summed E-state index contributed by atoms with van der Waals surface area (Å²) in [5.41, 5.74) is 2.18. The molecule has 28 heavy (non-hydrogen) atoms. The smallest absolute Gasteiger partial charge is 0.259 e. The van der Waals surface area contributed by atoms with Gasteiger partial charge in [-0.05, 0) is 25.3 Å². The number of piperazine rings is 1. The zero-order chi connectivity index (χ0) is 19.7. The van der Waals surface area contributed by atoms with Gasteiger partial charge in [-0.2, -0.15) is 5.10 Å². The predicted molar refractivity (Wildman–Crippen MR) is 107 cm³/mol. The first-order chi connectivity index (χ1) is 13.5. The van der Waals surface area contributed by atoms with E-state index >= 15 is 0 Å². The molecule has 2 amide bonds. The van der Waals surface area contributed by atoms with E-state index in [2.05, 4.69) is 5.10 Å². The quantitative estimate of drug-likeness (QED) is 0.792. The van der Waals surface area contributed by atoms with Crippen LogP contribution in [-0.2, 0) is 11.3 Å². The Morgan fingerprint density at radius 1 is 1.07 bits per heavy atom. The number of aromatic nitrogens is 2. The summed E-state index contributed by atoms with van der Waals surface area (Å²) in [5.74, 6) is 0.357. The van der Waals surface area contributed by atoms with Gasteiger partial charge in [0.2, 0.25) is 5.91 Å². The summed E-state index contributed by atoms with van der Waals surface area (Å²) in [7, 11) is 0. The lowest BCUT2D eigenvalue weighted by atomic mass is 9.84. The van der Waals surface area contributed by atoms with Gasteiger partial charge in [0.15, 0.2) is 0 Å². The number of hydrogen-bond acceptors (Lipinski definition) is 3. The number of amides is 2. The fraction of sp³-hybridized carbons (Fsp3) is 0.476. The normalized spacial score (nSPS) is 17.5. The van der Waals surface area contributed by atoms with Crippen molar-refractivity contribution < 1.29 is 9.59 Å². The lowest BCUT2D eigenvalue weighted by molar-refractivity contribution is -0.139. The van der Waals surface area contributed by atoms with E-state index in [-0.39, 0.29) is 17.7 Å². The number of aryl methyl sites for hydroxylation is 1. The highest BCUT2D eigenvalue weighted by atomic mass is 35.5. The zero-order valence-electron chi connectivity index (χ0n) is 16.1. The van der Waals surface area contributed by atoms with Crippen molar-refractivity contribution in [1.29, 1.82) is 0 Å². The summed E-state index contributed by atoms with van der Waals surface area (Å²) in [5, 5.41) is 4.85. The highest BCUT2D eigenvalue weighted by molar-refractivity contribution is 6.33. The van der Waals surface area contributed by atoms with Crippen LogP contribution in [0.1, 0.15) is 40.9 Å². The summed E-state index contributed by atoms with van der Waals surface area (Å²) < 4.78 is 1.68. The Kier molecular flexibility index (Phi) is 5.40. The maximum atomic E-state index is 13.1. The van der Waals surface area contributed by atoms with E-state index in [0.29, 0.717) is 49.1 Å². The van der Waals surface area contributed by atoms with Gasteiger partial charge in [-0.3, -0.25) is 9.59 Å². The highest BCUT2D eigenvalue weighted by Crippen LogP contribution is 2.29. The second-order valence-electron chi connectivity index (χ2n) is 7.64. The molecule has 1 aromatic carbocycles. The first kappa shape index (κ1) is 19.0. The SMILES string of the molecule is Cc1nn(Cc2ccccc2)c(Cl)c1C(=O)N1CCN(C(=O)C2CCC2)CC1. The van der Waals surface area contributed by atoms with E-state index in [4.69, 9.17) is 11.6 Å². The molecule has 0 atom stereocenters. The van der Waals surface area contributed by atoms with Gasteiger partial charge in [-0.1, -0.05) is 48.4 Å². The largest absolute Gasteiger partial charge is 0.339 e. The Bertz CT molecular complexity index is 868. The Morgan fingerprint density at radius 2 is 1.71 bits per heavy atom. The number of rotatable bonds is 4. The third kappa shape index (κ3) is 3.65. The molecule has 2 aliphatic rings. The van der Waals surface area contributed by atoms with Crippen LogP contribution in [0.15, 0.2) is 30.3 Å². The van der Waals surface area contributed by atoms with Gasteiger partial charge in [-0.15, -0.1) is 0 Å². The first-order valence-corrected chi connectivity index (χ1v) is 10.3. The maximum absolute atomic E-state index is 13.1. The predicted octanol–water partition coefficient (Wildman–Crippen LogP) is 2.98. The molecule has 1 aliphatic heterocycles. The summed E-state index contributed by atoms with van der Waals surface area (Å²) >= 11 is 6.53. The maximum Gasteiger partial charge on any atom is 0.259 e. The monoisotopic (exact) mass is 400 g/mol. The minimum atomic E-state index is -0.0995. The number of carbonyl (C=O) groups excluding carboxylic acids is 2. The molecule has 2 heterocycles. The van der Waals surface area contributed by atoms with E-state index in [1.54, 1.807) is 9.58 Å². The van der Waals surface area contributed by atoms with Crippen LogP contribution in [0.3, 0.4) is 0 Å². The molecule has 7 heteroatoms. The molecule has 1 saturated carbocycles. The van der Waals surface area contributed by atoms with Crippen LogP contribution in [-0.4, -0.2) is 57.6 Å². The number of nitrogens with zero attached hydrogens (tertiary/aromatic N) is 4. The average molecular weight is 401 g/mol. The molecule has 4 rings (SSSR count). The third-order valence-electron chi connectivity index (χ3n) is 5.79. The van der Waals surface area contributed by atoms with Crippen molar-refractivity contribution in [2.75, 3.05) is 26.2 Å². The average Bonchev–Trinajstić information content (AvgIpc) is 2.94. The Morgan fingerprint density at radius 3 is 2.32 bits per heavy atom. The Balaban J connectivity index is 1.43. The molecule has 1 aromatic heterocycles. The first-order valence-electron chi connectivity index (χ1n) is 9.89. The van der Waals surface area contributed by atoms with E-state index in [1.165, 1.54) is 0 Å². The Labute approximate surface area is 170 Å². The van der Waals surface area contributed by atoms with Gasteiger partial charge in [0.25, 0.3) is 5.91 Å². The van der Waals surface area contributed by atoms with Gasteiger partial charge in [0, 0.05) is 32.1 Å². The minimum Gasteiger partial charge on any atom is -0.339 e. The molecule has 1 aliphatic carbocycles. The number of carbonyl (C=O) groups is 2. The van der Waals surface area contributed by atoms with Crippen LogP contribution in [0.25, 0.3) is 0 Å². The van der Waals surface area contributed by atoms with Crippen LogP contribution in [0.4, 0.5) is 0 Å². The molecule has 0 unspecified atom stereocenters. The lowest BCUT2D eigenvalue weighted by Gasteiger charge is -2.38. The zero-order valence-corrected chi connectivity index (χ0v) is 16.9. The van der Waals surface area contributed by atoms with E-state index in [9.17, 15) is 9.59 Å². The van der Waals surface area contributed by atoms with Crippen LogP contribution in [0, 0.1) is 12.8 Å². The van der Waals surface area contributed by atoms with Gasteiger partial charge in [0.05, 0.1) is 17.8 Å². The fourth-order valence-corrected chi connectivity index (χ4v) is 4.17. The molecular formula is C21H25ClN4O2. The van der Waals surface area contributed by atoms with Gasteiger partial charge < -0.3 is 9.80 Å². The Hall–Kier alpha value is -2.34. The van der Waals surface area contributed by atoms with E-state index in [1.807, 2.05) is 42.2 Å². The molecule has 0 bridgehead atoms. The second kappa shape index (κ2) is 7.95. The molecule has 0 N–H and O–H groups in total. The van der Waals surface area contributed by atoms with E-state index < -0.39 is 0 Å². The minimum absolute atomic E-state index is 0.0995. The number of hydrogen-bond donors (Lipinski definition) is 0. The summed E-state index contributed by atoms with van der Waals surface area (Å²) in [6, 6.07) is 9.91. The standard InChI is InChI=1S/C21H25ClN4O2/c1-15-18(19(22)26(23-15)14-16-6-3-2-4-7-16)21(28)25-12-10-24(11-13-25)20(27)17-8-5-9-17/h2-4,6-7,17H,5,8-14H2,1H3. The summed E-state index contributed by atoms with van der Waals surface area (Å²) in [6.45, 7) is 4.61. The summed E-state index contributed by atoms with van der Waals surface area (Å²) in [6.07, 6.45) is 3.17. The van der Waals surface area contributed by atoms with Crippen molar-refractivity contribution >= 4 is 23.4 Å². The van der Waals surface area contributed by atoms with Crippen molar-refractivity contribution in [2.45, 2.75) is 32.7 Å². The van der Waals surface area contributed by atoms with Crippen molar-refractivity contribution in [2.24, 2.45) is 5.92 Å². The lowest BCUT2D eigenvalue weighted by Crippen LogP contribution is -2.52. The van der Waals surface area contributed by atoms with Gasteiger partial charge >= 0.3 is 0 Å². The van der Waals surface area contributed by atoms with Crippen LogP contribution >= 0.6 is 11.6 Å². The van der Waals surface area contributed by atoms with Gasteiger partial charge in [0.1, 0.15) is 5.15 Å². The topological polar surface area (TPSA) is 58.4 Å². The molecule has 2 aromatic rings. The molecule has 0 spiro atoms. The molecule has 2 fully saturated rings. The molecular weight excluding hydrogens is 376 g/mol. The van der Waals surface area contributed by atoms with Gasteiger partial charge in [-0.25, -0.2) is 4.68 Å². The molecule has 6 nitrogen and oxygen atoms in total. The van der Waals surface area contributed by atoms with Crippen molar-refractivity contribution in [3.05, 3.63) is 52.3 Å². The third-order valence-corrected chi connectivity index (χ3v) is 6.17. The highest BCUT2D eigenvalue weighted by Gasteiger charge is 2.33. The van der Waals surface area contributed by atoms with Crippen LogP contribution in [0.5, 0.6) is 0 Å². The van der Waals surface area contributed by atoms with Crippen molar-refractivity contribution in [1.82, 2.24) is 19.6 Å². The van der Waals surface area contributed by atoms with Crippen molar-refractivity contribution in [3.8, 4) is 0 Å². The number of halogens is 1. The second-order valence-corrected chi connectivity index (χ2v) is 8.00. The van der Waals surface area contributed by atoms with Crippen LogP contribution < -0.4 is 0 Å². The molecule has 1 saturated heterocycles. The molecule has 0 radical (unpaired) electrons. The summed E-state index contributed by atoms with van der Waals surface area (Å²) in [4.78, 5) is 29.2. The fourth-order valence-electron chi connectivity index (χ4n) is 3.86. The van der Waals surface area contributed by atoms with E-state index in [0.717, 1.165) is 24.8 Å². The van der Waals surface area contributed by atoms with Crippen LogP contribution in [0.2, 0.25) is 5.15 Å². The molecule has 148 valence electrons.